The summed E-state index contributed by atoms with van der Waals surface area (Å²) in [5.74, 6) is -0.117. The Hall–Kier alpha value is -1.82. The first-order chi connectivity index (χ1) is 9.10. The number of halogens is 1. The molecule has 19 heavy (non-hydrogen) atoms. The summed E-state index contributed by atoms with van der Waals surface area (Å²) in [6.07, 6.45) is 3.42. The van der Waals surface area contributed by atoms with Crippen LogP contribution in [0.1, 0.15) is 18.3 Å². The average molecular weight is 282 g/mol. The highest BCUT2D eigenvalue weighted by Crippen LogP contribution is 2.12. The lowest BCUT2D eigenvalue weighted by molar-refractivity contribution is -0.122. The zero-order valence-electron chi connectivity index (χ0n) is 10.9. The van der Waals surface area contributed by atoms with Gasteiger partial charge in [0.25, 0.3) is 0 Å². The van der Waals surface area contributed by atoms with Crippen molar-refractivity contribution in [2.75, 3.05) is 0 Å². The summed E-state index contributed by atoms with van der Waals surface area (Å²) in [6.45, 7) is 5.23. The molecule has 6 nitrogen and oxygen atoms in total. The van der Waals surface area contributed by atoms with Crippen molar-refractivity contribution in [1.82, 2.24) is 24.9 Å². The number of nitrogens with zero attached hydrogens (tertiary/aromatic N) is 4. The van der Waals surface area contributed by atoms with E-state index in [0.29, 0.717) is 11.6 Å². The molecule has 102 valence electrons. The molecule has 2 heterocycles. The second-order valence-corrected chi connectivity index (χ2v) is 4.58. The summed E-state index contributed by atoms with van der Waals surface area (Å²) in [5, 5.41) is 11.7. The van der Waals surface area contributed by atoms with Gasteiger partial charge in [0.05, 0.1) is 29.2 Å². The van der Waals surface area contributed by atoms with Gasteiger partial charge in [-0.2, -0.15) is 10.2 Å². The topological polar surface area (TPSA) is 64.7 Å². The first-order valence-electron chi connectivity index (χ1n) is 6.07. The van der Waals surface area contributed by atoms with E-state index in [1.165, 1.54) is 6.20 Å². The van der Waals surface area contributed by atoms with Crippen molar-refractivity contribution in [1.29, 1.82) is 0 Å². The minimum absolute atomic E-state index is 0.117. The molecule has 0 radical (unpaired) electrons. The van der Waals surface area contributed by atoms with Crippen LogP contribution in [0.3, 0.4) is 0 Å². The van der Waals surface area contributed by atoms with Crippen LogP contribution in [0.15, 0.2) is 18.5 Å². The fourth-order valence-electron chi connectivity index (χ4n) is 1.64. The molecule has 0 fully saturated rings. The number of carbonyl (C=O) groups excluding carboxylic acids is 1. The molecule has 0 saturated heterocycles. The molecule has 0 saturated carbocycles. The Kier molecular flexibility index (Phi) is 4.21. The Morgan fingerprint density at radius 3 is 2.89 bits per heavy atom. The summed E-state index contributed by atoms with van der Waals surface area (Å²) in [5.41, 5.74) is 1.62. The molecule has 0 aromatic carbocycles. The van der Waals surface area contributed by atoms with E-state index >= 15 is 0 Å². The van der Waals surface area contributed by atoms with Crippen molar-refractivity contribution in [2.24, 2.45) is 0 Å². The van der Waals surface area contributed by atoms with E-state index in [-0.39, 0.29) is 12.5 Å². The molecule has 1 N–H and O–H groups in total. The SMILES string of the molecule is CCn1ccc(CNC(=O)Cn2ncc(Cl)c2C)n1. The third kappa shape index (κ3) is 3.35. The molecule has 0 aliphatic rings. The lowest BCUT2D eigenvalue weighted by atomic mass is 10.4. The molecule has 7 heteroatoms. The van der Waals surface area contributed by atoms with Gasteiger partial charge in [-0.1, -0.05) is 11.6 Å². The summed E-state index contributed by atoms with van der Waals surface area (Å²) in [7, 11) is 0. The van der Waals surface area contributed by atoms with Crippen LogP contribution in [-0.4, -0.2) is 25.5 Å². The number of carbonyl (C=O) groups is 1. The van der Waals surface area contributed by atoms with Crippen LogP contribution in [0.25, 0.3) is 0 Å². The first kappa shape index (κ1) is 13.6. The summed E-state index contributed by atoms with van der Waals surface area (Å²) < 4.78 is 3.39. The van der Waals surface area contributed by atoms with Crippen LogP contribution in [-0.2, 0) is 24.4 Å². The van der Waals surface area contributed by atoms with Gasteiger partial charge < -0.3 is 5.32 Å². The Morgan fingerprint density at radius 2 is 2.32 bits per heavy atom. The number of aryl methyl sites for hydroxylation is 1. The van der Waals surface area contributed by atoms with E-state index in [4.69, 9.17) is 11.6 Å². The molecule has 1 amide bonds. The van der Waals surface area contributed by atoms with E-state index in [1.807, 2.05) is 30.8 Å². The average Bonchev–Trinajstić information content (AvgIpc) is 2.98. The largest absolute Gasteiger partial charge is 0.349 e. The molecule has 0 aliphatic heterocycles. The van der Waals surface area contributed by atoms with Crippen LogP contribution in [0.5, 0.6) is 0 Å². The molecule has 0 unspecified atom stereocenters. The highest BCUT2D eigenvalue weighted by molar-refractivity contribution is 6.31. The summed E-state index contributed by atoms with van der Waals surface area (Å²) in [4.78, 5) is 11.8. The number of aromatic nitrogens is 4. The van der Waals surface area contributed by atoms with Gasteiger partial charge >= 0.3 is 0 Å². The molecule has 0 bridgehead atoms. The normalized spacial score (nSPS) is 10.7. The third-order valence-corrected chi connectivity index (χ3v) is 3.19. The van der Waals surface area contributed by atoms with E-state index < -0.39 is 0 Å². The monoisotopic (exact) mass is 281 g/mol. The molecule has 2 aromatic heterocycles. The van der Waals surface area contributed by atoms with Crippen molar-refractivity contribution in [3.05, 3.63) is 34.9 Å². The highest BCUT2D eigenvalue weighted by atomic mass is 35.5. The number of hydrogen-bond donors (Lipinski definition) is 1. The van der Waals surface area contributed by atoms with Gasteiger partial charge in [0.15, 0.2) is 0 Å². The molecule has 0 aliphatic carbocycles. The van der Waals surface area contributed by atoms with Gasteiger partial charge in [-0.3, -0.25) is 14.2 Å². The highest BCUT2D eigenvalue weighted by Gasteiger charge is 2.09. The molecular formula is C12H16ClN5O. The molecule has 0 spiro atoms. The Labute approximate surface area is 116 Å². The number of nitrogens with one attached hydrogen (secondary N) is 1. The lowest BCUT2D eigenvalue weighted by Crippen LogP contribution is -2.28. The second-order valence-electron chi connectivity index (χ2n) is 4.18. The number of rotatable bonds is 5. The number of amides is 1. The van der Waals surface area contributed by atoms with Crippen molar-refractivity contribution >= 4 is 17.5 Å². The fourth-order valence-corrected chi connectivity index (χ4v) is 1.78. The maximum absolute atomic E-state index is 11.8. The van der Waals surface area contributed by atoms with Crippen molar-refractivity contribution < 1.29 is 4.79 Å². The van der Waals surface area contributed by atoms with E-state index in [2.05, 4.69) is 15.5 Å². The molecule has 0 atom stereocenters. The van der Waals surface area contributed by atoms with E-state index in [9.17, 15) is 4.79 Å². The van der Waals surface area contributed by atoms with Gasteiger partial charge in [0.1, 0.15) is 6.54 Å². The quantitative estimate of drug-likeness (QED) is 0.900. The van der Waals surface area contributed by atoms with Gasteiger partial charge in [-0.05, 0) is 19.9 Å². The predicted molar refractivity (Wildman–Crippen MR) is 71.7 cm³/mol. The van der Waals surface area contributed by atoms with Crippen LogP contribution in [0.2, 0.25) is 5.02 Å². The van der Waals surface area contributed by atoms with Crippen molar-refractivity contribution in [3.8, 4) is 0 Å². The lowest BCUT2D eigenvalue weighted by Gasteiger charge is -2.05. The van der Waals surface area contributed by atoms with Crippen molar-refractivity contribution in [3.63, 3.8) is 0 Å². The number of hydrogen-bond acceptors (Lipinski definition) is 3. The first-order valence-corrected chi connectivity index (χ1v) is 6.45. The summed E-state index contributed by atoms with van der Waals surface area (Å²) in [6, 6.07) is 1.89. The van der Waals surface area contributed by atoms with Crippen LogP contribution < -0.4 is 5.32 Å². The Morgan fingerprint density at radius 1 is 1.53 bits per heavy atom. The third-order valence-electron chi connectivity index (χ3n) is 2.82. The Bertz CT molecular complexity index is 574. The maximum Gasteiger partial charge on any atom is 0.242 e. The van der Waals surface area contributed by atoms with E-state index in [1.54, 1.807) is 4.68 Å². The molecule has 2 rings (SSSR count). The van der Waals surface area contributed by atoms with Gasteiger partial charge in [0, 0.05) is 12.7 Å². The van der Waals surface area contributed by atoms with Crippen molar-refractivity contribution in [2.45, 2.75) is 33.5 Å². The Balaban J connectivity index is 1.86. The second kappa shape index (κ2) is 5.88. The maximum atomic E-state index is 11.8. The zero-order chi connectivity index (χ0) is 13.8. The standard InChI is InChI=1S/C12H16ClN5O/c1-3-17-5-4-10(16-17)6-14-12(19)8-18-9(2)11(13)7-15-18/h4-5,7H,3,6,8H2,1-2H3,(H,14,19). The molecular weight excluding hydrogens is 266 g/mol. The van der Waals surface area contributed by atoms with E-state index in [0.717, 1.165) is 17.9 Å². The van der Waals surface area contributed by atoms with Gasteiger partial charge in [-0.25, -0.2) is 0 Å². The molecule has 2 aromatic rings. The van der Waals surface area contributed by atoms with Crippen LogP contribution in [0.4, 0.5) is 0 Å². The van der Waals surface area contributed by atoms with Crippen LogP contribution in [0, 0.1) is 6.92 Å². The fraction of sp³-hybridized carbons (Fsp3) is 0.417. The predicted octanol–water partition coefficient (Wildman–Crippen LogP) is 1.38. The summed E-state index contributed by atoms with van der Waals surface area (Å²) >= 11 is 5.88. The van der Waals surface area contributed by atoms with Gasteiger partial charge in [0.2, 0.25) is 5.91 Å². The smallest absolute Gasteiger partial charge is 0.242 e. The minimum atomic E-state index is -0.117. The van der Waals surface area contributed by atoms with Gasteiger partial charge in [-0.15, -0.1) is 0 Å². The zero-order valence-corrected chi connectivity index (χ0v) is 11.7. The van der Waals surface area contributed by atoms with Crippen LogP contribution >= 0.6 is 11.6 Å². The minimum Gasteiger partial charge on any atom is -0.349 e.